The third-order valence-corrected chi connectivity index (χ3v) is 4.40. The van der Waals surface area contributed by atoms with E-state index in [0.29, 0.717) is 36.2 Å². The van der Waals surface area contributed by atoms with Crippen molar-refractivity contribution in [1.82, 2.24) is 0 Å². The van der Waals surface area contributed by atoms with Crippen LogP contribution in [0.4, 0.5) is 11.4 Å². The van der Waals surface area contributed by atoms with E-state index in [4.69, 9.17) is 25.5 Å². The molecule has 0 atom stereocenters. The molecule has 0 heterocycles. The van der Waals surface area contributed by atoms with Crippen molar-refractivity contribution >= 4 is 35.5 Å². The molecule has 0 saturated carbocycles. The van der Waals surface area contributed by atoms with Gasteiger partial charge in [-0.2, -0.15) is 9.98 Å². The van der Waals surface area contributed by atoms with Crippen molar-refractivity contribution in [3.8, 4) is 0 Å². The Labute approximate surface area is 185 Å². The molecule has 0 aliphatic rings. The highest BCUT2D eigenvalue weighted by Gasteiger charge is 2.24. The van der Waals surface area contributed by atoms with E-state index < -0.39 is 17.4 Å². The number of unbranched alkanes of at least 4 members (excludes halogenated alkanes) is 1. The first-order valence-electron chi connectivity index (χ1n) is 9.68. The van der Waals surface area contributed by atoms with E-state index in [1.807, 2.05) is 6.92 Å². The number of aliphatic carboxylic acids is 2. The number of isocyanates is 2. The van der Waals surface area contributed by atoms with E-state index in [1.165, 1.54) is 12.2 Å². The van der Waals surface area contributed by atoms with Crippen molar-refractivity contribution in [2.45, 2.75) is 46.0 Å². The molecule has 1 rings (SSSR count). The smallest absolute Gasteiger partial charge is 0.303 e. The van der Waals surface area contributed by atoms with Gasteiger partial charge in [-0.05, 0) is 38.3 Å². The number of aliphatic hydroxyl groups is 3. The molecule has 0 aromatic heterocycles. The molecule has 0 spiro atoms. The summed E-state index contributed by atoms with van der Waals surface area (Å²) in [4.78, 5) is 46.7. The molecule has 0 bridgehead atoms. The lowest BCUT2D eigenvalue weighted by molar-refractivity contribution is -0.139. The summed E-state index contributed by atoms with van der Waals surface area (Å²) < 4.78 is 0. The number of rotatable bonds is 11. The van der Waals surface area contributed by atoms with Crippen molar-refractivity contribution in [1.29, 1.82) is 0 Å². The Morgan fingerprint density at radius 1 is 0.875 bits per heavy atom. The van der Waals surface area contributed by atoms with Crippen LogP contribution in [0.2, 0.25) is 0 Å². The van der Waals surface area contributed by atoms with E-state index in [0.717, 1.165) is 0 Å². The van der Waals surface area contributed by atoms with Crippen molar-refractivity contribution in [2.24, 2.45) is 15.4 Å². The number of carbonyl (C=O) groups is 2. The molecule has 0 unspecified atom stereocenters. The second-order valence-corrected chi connectivity index (χ2v) is 6.65. The lowest BCUT2D eigenvalue weighted by atomic mass is 9.88. The van der Waals surface area contributed by atoms with Gasteiger partial charge in [0.1, 0.15) is 0 Å². The fourth-order valence-electron chi connectivity index (χ4n) is 1.99. The average molecular weight is 454 g/mol. The Kier molecular flexibility index (Phi) is 18.0. The van der Waals surface area contributed by atoms with Crippen LogP contribution in [0.1, 0.15) is 44.6 Å². The topological polar surface area (TPSA) is 194 Å². The minimum absolute atomic E-state index is 0.0628. The summed E-state index contributed by atoms with van der Waals surface area (Å²) in [5.41, 5.74) is 0.923. The number of carbonyl (C=O) groups excluding carboxylic acids is 2. The minimum atomic E-state index is -0.870. The lowest BCUT2D eigenvalue weighted by Gasteiger charge is -2.24. The van der Waals surface area contributed by atoms with Crippen LogP contribution in [-0.4, -0.2) is 69.5 Å². The predicted octanol–water partition coefficient (Wildman–Crippen LogP) is 2.01. The van der Waals surface area contributed by atoms with Crippen LogP contribution < -0.4 is 0 Å². The maximum atomic E-state index is 10.00. The van der Waals surface area contributed by atoms with Gasteiger partial charge in [0.2, 0.25) is 12.2 Å². The number of benzene rings is 1. The van der Waals surface area contributed by atoms with Gasteiger partial charge < -0.3 is 25.5 Å². The molecule has 0 aliphatic heterocycles. The van der Waals surface area contributed by atoms with Crippen molar-refractivity contribution < 1.29 is 44.7 Å². The molecule has 11 nitrogen and oxygen atoms in total. The maximum Gasteiger partial charge on any atom is 0.303 e. The predicted molar refractivity (Wildman–Crippen MR) is 114 cm³/mol. The van der Waals surface area contributed by atoms with Crippen LogP contribution in [0, 0.1) is 12.3 Å². The first-order chi connectivity index (χ1) is 15.2. The van der Waals surface area contributed by atoms with Crippen LogP contribution in [0.3, 0.4) is 0 Å². The number of hydrogen-bond donors (Lipinski definition) is 5. The van der Waals surface area contributed by atoms with Crippen LogP contribution in [-0.2, 0) is 19.2 Å². The Morgan fingerprint density at radius 2 is 1.25 bits per heavy atom. The van der Waals surface area contributed by atoms with Gasteiger partial charge in [0.15, 0.2) is 0 Å². The summed E-state index contributed by atoms with van der Waals surface area (Å²) in [5.74, 6) is -1.74. The van der Waals surface area contributed by atoms with Crippen LogP contribution in [0.15, 0.2) is 28.2 Å². The largest absolute Gasteiger partial charge is 0.481 e. The van der Waals surface area contributed by atoms with Crippen LogP contribution >= 0.6 is 0 Å². The third kappa shape index (κ3) is 13.9. The van der Waals surface area contributed by atoms with Crippen LogP contribution in [0.5, 0.6) is 0 Å². The van der Waals surface area contributed by atoms with Gasteiger partial charge in [0.25, 0.3) is 0 Å². The molecule has 0 fully saturated rings. The molecule has 1 aromatic carbocycles. The van der Waals surface area contributed by atoms with E-state index in [2.05, 4.69) is 9.98 Å². The summed E-state index contributed by atoms with van der Waals surface area (Å²) in [7, 11) is 0. The van der Waals surface area contributed by atoms with Gasteiger partial charge in [-0.15, -0.1) is 0 Å². The number of carboxylic acids is 2. The van der Waals surface area contributed by atoms with Gasteiger partial charge in [0.05, 0.1) is 31.2 Å². The summed E-state index contributed by atoms with van der Waals surface area (Å²) in [6.45, 7) is 3.07. The van der Waals surface area contributed by atoms with Gasteiger partial charge >= 0.3 is 11.9 Å². The van der Waals surface area contributed by atoms with E-state index >= 15 is 0 Å². The van der Waals surface area contributed by atoms with Gasteiger partial charge in [-0.3, -0.25) is 9.59 Å². The van der Waals surface area contributed by atoms with Crippen molar-refractivity contribution in [3.05, 3.63) is 23.8 Å². The molecule has 0 radical (unpaired) electrons. The molecule has 178 valence electrons. The number of aliphatic hydroxyl groups excluding tert-OH is 3. The second-order valence-electron chi connectivity index (χ2n) is 6.65. The minimum Gasteiger partial charge on any atom is -0.481 e. The molecule has 0 aliphatic carbocycles. The van der Waals surface area contributed by atoms with E-state index in [-0.39, 0.29) is 32.7 Å². The molecule has 0 amide bonds. The summed E-state index contributed by atoms with van der Waals surface area (Å²) in [5, 5.41) is 42.2. The van der Waals surface area contributed by atoms with E-state index in [9.17, 15) is 19.2 Å². The van der Waals surface area contributed by atoms with Crippen LogP contribution in [0.25, 0.3) is 0 Å². The molecule has 32 heavy (non-hydrogen) atoms. The second kappa shape index (κ2) is 18.6. The number of carboxylic acid groups (broad SMARTS) is 2. The zero-order valence-electron chi connectivity index (χ0n) is 18.2. The zero-order chi connectivity index (χ0) is 25.0. The number of hydrogen-bond acceptors (Lipinski definition) is 9. The fraction of sp³-hybridized carbons (Fsp3) is 0.524. The molecule has 1 aromatic rings. The first kappa shape index (κ1) is 31.0. The first-order valence-corrected chi connectivity index (χ1v) is 9.68. The quantitative estimate of drug-likeness (QED) is 0.189. The molecular formula is C21H30N2O9. The van der Waals surface area contributed by atoms with Gasteiger partial charge in [0, 0.05) is 23.8 Å². The lowest BCUT2D eigenvalue weighted by Crippen LogP contribution is -2.32. The highest BCUT2D eigenvalue weighted by molar-refractivity contribution is 5.68. The maximum absolute atomic E-state index is 10.00. The standard InChI is InChI=1S/C9H6N2O2.C6H10O4.C6H14O3/c1-7-8(10-5-12)3-2-4-9(7)11-6-13;7-5(8)3-1-2-4-6(9)10;1-2-6(3-7,4-8)5-9/h2-4H,1H3;1-4H2,(H,7,8)(H,9,10);7-9H,2-5H2,1H3. The average Bonchev–Trinajstić information content (AvgIpc) is 2.77. The van der Waals surface area contributed by atoms with E-state index in [1.54, 1.807) is 25.1 Å². The highest BCUT2D eigenvalue weighted by Crippen LogP contribution is 2.26. The fourth-order valence-corrected chi connectivity index (χ4v) is 1.99. The Hall–Kier alpha value is -3.20. The number of nitrogens with zero attached hydrogens (tertiary/aromatic N) is 2. The summed E-state index contributed by atoms with van der Waals surface area (Å²) in [6, 6.07) is 4.94. The summed E-state index contributed by atoms with van der Waals surface area (Å²) >= 11 is 0. The molecule has 0 saturated heterocycles. The normalized spacial score (nSPS) is 9.66. The molecular weight excluding hydrogens is 424 g/mol. The highest BCUT2D eigenvalue weighted by atomic mass is 16.4. The monoisotopic (exact) mass is 454 g/mol. The Balaban J connectivity index is 0. The Morgan fingerprint density at radius 3 is 1.47 bits per heavy atom. The Bertz CT molecular complexity index is 725. The summed E-state index contributed by atoms with van der Waals surface area (Å²) in [6.07, 6.45) is 4.47. The van der Waals surface area contributed by atoms with Crippen molar-refractivity contribution in [2.75, 3.05) is 19.8 Å². The number of aliphatic imine (C=N–C) groups is 2. The third-order valence-electron chi connectivity index (χ3n) is 4.40. The van der Waals surface area contributed by atoms with Crippen molar-refractivity contribution in [3.63, 3.8) is 0 Å². The SMILES string of the molecule is CCC(CO)(CO)CO.Cc1c(N=C=O)cccc1N=C=O.O=C(O)CCCCC(=O)O. The zero-order valence-corrected chi connectivity index (χ0v) is 18.2. The molecule has 11 heteroatoms. The van der Waals surface area contributed by atoms with Gasteiger partial charge in [-0.25, -0.2) is 9.59 Å². The van der Waals surface area contributed by atoms with Gasteiger partial charge in [-0.1, -0.05) is 13.0 Å². The molecule has 5 N–H and O–H groups in total.